The van der Waals surface area contributed by atoms with Gasteiger partial charge in [0.05, 0.1) is 16.4 Å². The van der Waals surface area contributed by atoms with Gasteiger partial charge in [0.2, 0.25) is 0 Å². The van der Waals surface area contributed by atoms with Crippen LogP contribution in [0.5, 0.6) is 0 Å². The van der Waals surface area contributed by atoms with E-state index >= 15 is 0 Å². The zero-order valence-corrected chi connectivity index (χ0v) is 13.3. The number of aliphatic hydroxyl groups excluding tert-OH is 1. The molecule has 0 radical (unpaired) electrons. The fraction of sp³-hybridized carbons (Fsp3) is 0.375. The lowest BCUT2D eigenvalue weighted by Crippen LogP contribution is -2.19. The summed E-state index contributed by atoms with van der Waals surface area (Å²) < 4.78 is 1.43. The highest BCUT2D eigenvalue weighted by molar-refractivity contribution is 8.01. The summed E-state index contributed by atoms with van der Waals surface area (Å²) in [5.74, 6) is 0. The topological polar surface area (TPSA) is 32.3 Å². The molecule has 2 N–H and O–H groups in total. The fourth-order valence-electron chi connectivity index (χ4n) is 2.67. The number of fused-ring (bicyclic) bond motifs is 1. The van der Waals surface area contributed by atoms with Gasteiger partial charge in [0.15, 0.2) is 0 Å². The van der Waals surface area contributed by atoms with E-state index in [2.05, 4.69) is 29.8 Å². The predicted octanol–water partition coefficient (Wildman–Crippen LogP) is 4.84. The number of thioether (sulfide) groups is 1. The number of rotatable bonds is 3. The van der Waals surface area contributed by atoms with Crippen molar-refractivity contribution in [3.8, 4) is 0 Å². The van der Waals surface area contributed by atoms with Crippen molar-refractivity contribution in [3.05, 3.63) is 46.8 Å². The van der Waals surface area contributed by atoms with Crippen LogP contribution in [0, 0.1) is 0 Å². The van der Waals surface area contributed by atoms with Crippen LogP contribution in [0.25, 0.3) is 0 Å². The second-order valence-corrected chi connectivity index (χ2v) is 7.91. The van der Waals surface area contributed by atoms with Gasteiger partial charge in [0.25, 0.3) is 0 Å². The molecule has 2 nitrogen and oxygen atoms in total. The molecule has 1 aromatic heterocycles. The van der Waals surface area contributed by atoms with E-state index in [4.69, 9.17) is 0 Å². The van der Waals surface area contributed by atoms with Gasteiger partial charge in [-0.15, -0.1) is 23.1 Å². The maximum absolute atomic E-state index is 9.90. The van der Waals surface area contributed by atoms with Crippen LogP contribution >= 0.6 is 23.1 Å². The van der Waals surface area contributed by atoms with Crippen LogP contribution in [0.1, 0.15) is 43.5 Å². The van der Waals surface area contributed by atoms with E-state index in [0.29, 0.717) is 11.3 Å². The lowest BCUT2D eigenvalue weighted by atomic mass is 10.0. The molecule has 2 heterocycles. The van der Waals surface area contributed by atoms with E-state index in [0.717, 1.165) is 17.7 Å². The lowest BCUT2D eigenvalue weighted by molar-refractivity contribution is 0.200. The standard InChI is InChI=1S/C16H19NOS2/c1-10-9-15(13-7-8-19-16(13)20-10)17-14-6-4-3-5-12(14)11(2)18/h3-8,10-11,15,17-18H,9H2,1-2H3/t10-,11?,15?/m0/s1. The molecule has 0 spiro atoms. The molecule has 20 heavy (non-hydrogen) atoms. The number of aliphatic hydroxyl groups is 1. The second-order valence-electron chi connectivity index (χ2n) is 5.29. The SMILES string of the molecule is CC(O)c1ccccc1NC1C[C@H](C)Sc2sccc21. The first kappa shape index (κ1) is 14.0. The highest BCUT2D eigenvalue weighted by Crippen LogP contribution is 2.45. The molecule has 1 aliphatic heterocycles. The van der Waals surface area contributed by atoms with Crippen molar-refractivity contribution in [2.24, 2.45) is 0 Å². The summed E-state index contributed by atoms with van der Waals surface area (Å²) in [6.07, 6.45) is 0.666. The van der Waals surface area contributed by atoms with Crippen molar-refractivity contribution in [3.63, 3.8) is 0 Å². The molecule has 1 aliphatic rings. The Hall–Kier alpha value is -0.970. The van der Waals surface area contributed by atoms with Crippen molar-refractivity contribution < 1.29 is 5.11 Å². The molecule has 1 aromatic carbocycles. The monoisotopic (exact) mass is 305 g/mol. The van der Waals surface area contributed by atoms with E-state index in [1.54, 1.807) is 0 Å². The summed E-state index contributed by atoms with van der Waals surface area (Å²) in [7, 11) is 0. The number of anilines is 1. The molecule has 2 unspecified atom stereocenters. The number of thiophene rings is 1. The van der Waals surface area contributed by atoms with E-state index in [-0.39, 0.29) is 0 Å². The van der Waals surface area contributed by atoms with Crippen LogP contribution in [0.4, 0.5) is 5.69 Å². The fourth-order valence-corrected chi connectivity index (χ4v) is 5.23. The zero-order chi connectivity index (χ0) is 14.1. The number of benzene rings is 1. The Bertz CT molecular complexity index is 594. The Kier molecular flexibility index (Phi) is 4.06. The average molecular weight is 305 g/mol. The first-order valence-corrected chi connectivity index (χ1v) is 8.68. The number of hydrogen-bond acceptors (Lipinski definition) is 4. The molecule has 0 saturated carbocycles. The maximum atomic E-state index is 9.90. The van der Waals surface area contributed by atoms with Gasteiger partial charge >= 0.3 is 0 Å². The van der Waals surface area contributed by atoms with E-state index in [1.165, 1.54) is 9.77 Å². The molecule has 3 atom stereocenters. The van der Waals surface area contributed by atoms with Gasteiger partial charge < -0.3 is 10.4 Å². The van der Waals surface area contributed by atoms with Gasteiger partial charge in [-0.1, -0.05) is 25.1 Å². The molecule has 4 heteroatoms. The molecular formula is C16H19NOS2. The summed E-state index contributed by atoms with van der Waals surface area (Å²) in [6, 6.07) is 10.6. The predicted molar refractivity (Wildman–Crippen MR) is 87.7 cm³/mol. The summed E-state index contributed by atoms with van der Waals surface area (Å²) in [5.41, 5.74) is 3.41. The Morgan fingerprint density at radius 3 is 2.90 bits per heavy atom. The Balaban J connectivity index is 1.89. The van der Waals surface area contributed by atoms with Gasteiger partial charge in [-0.05, 0) is 36.4 Å². The minimum atomic E-state index is -0.448. The van der Waals surface area contributed by atoms with Crippen LogP contribution in [-0.2, 0) is 0 Å². The van der Waals surface area contributed by atoms with E-state index in [9.17, 15) is 5.11 Å². The first-order valence-electron chi connectivity index (χ1n) is 6.92. The third-order valence-corrected chi connectivity index (χ3v) is 5.99. The van der Waals surface area contributed by atoms with Crippen molar-refractivity contribution in [2.45, 2.75) is 41.9 Å². The van der Waals surface area contributed by atoms with Gasteiger partial charge in [-0.25, -0.2) is 0 Å². The minimum Gasteiger partial charge on any atom is -0.389 e. The van der Waals surface area contributed by atoms with Crippen LogP contribution in [-0.4, -0.2) is 10.4 Å². The Labute approximate surface area is 128 Å². The molecule has 3 rings (SSSR count). The highest BCUT2D eigenvalue weighted by Gasteiger charge is 2.26. The van der Waals surface area contributed by atoms with Crippen molar-refractivity contribution >= 4 is 28.8 Å². The van der Waals surface area contributed by atoms with Gasteiger partial charge in [0.1, 0.15) is 0 Å². The van der Waals surface area contributed by atoms with Crippen molar-refractivity contribution in [1.29, 1.82) is 0 Å². The third kappa shape index (κ3) is 2.73. The first-order chi connectivity index (χ1) is 9.65. The lowest BCUT2D eigenvalue weighted by Gasteiger charge is -2.29. The van der Waals surface area contributed by atoms with Crippen LogP contribution in [0.15, 0.2) is 39.9 Å². The highest BCUT2D eigenvalue weighted by atomic mass is 32.2. The molecular weight excluding hydrogens is 286 g/mol. The van der Waals surface area contributed by atoms with Gasteiger partial charge in [-0.2, -0.15) is 0 Å². The number of hydrogen-bond donors (Lipinski definition) is 2. The van der Waals surface area contributed by atoms with Crippen molar-refractivity contribution in [2.75, 3.05) is 5.32 Å². The molecule has 0 aliphatic carbocycles. The summed E-state index contributed by atoms with van der Waals surface area (Å²) in [6.45, 7) is 4.10. The normalized spacial score (nSPS) is 23.1. The zero-order valence-electron chi connectivity index (χ0n) is 11.7. The Morgan fingerprint density at radius 1 is 1.30 bits per heavy atom. The smallest absolute Gasteiger partial charge is 0.0781 e. The maximum Gasteiger partial charge on any atom is 0.0781 e. The van der Waals surface area contributed by atoms with Crippen LogP contribution in [0.2, 0.25) is 0 Å². The third-order valence-electron chi connectivity index (χ3n) is 3.65. The average Bonchev–Trinajstić information content (AvgIpc) is 2.87. The van der Waals surface area contributed by atoms with E-state index < -0.39 is 6.10 Å². The largest absolute Gasteiger partial charge is 0.389 e. The van der Waals surface area contributed by atoms with E-state index in [1.807, 2.05) is 48.2 Å². The molecule has 0 saturated heterocycles. The van der Waals surface area contributed by atoms with Crippen molar-refractivity contribution in [1.82, 2.24) is 0 Å². The number of nitrogens with one attached hydrogen (secondary N) is 1. The molecule has 0 bridgehead atoms. The number of para-hydroxylation sites is 1. The molecule has 0 fully saturated rings. The molecule has 2 aromatic rings. The molecule has 0 amide bonds. The Morgan fingerprint density at radius 2 is 2.10 bits per heavy atom. The quantitative estimate of drug-likeness (QED) is 0.851. The van der Waals surface area contributed by atoms with Crippen LogP contribution < -0.4 is 5.32 Å². The molecule has 106 valence electrons. The minimum absolute atomic E-state index is 0.340. The van der Waals surface area contributed by atoms with Gasteiger partial charge in [0, 0.05) is 16.5 Å². The van der Waals surface area contributed by atoms with Gasteiger partial charge in [-0.3, -0.25) is 0 Å². The second kappa shape index (κ2) is 5.80. The summed E-state index contributed by atoms with van der Waals surface area (Å²) in [5, 5.41) is 16.3. The summed E-state index contributed by atoms with van der Waals surface area (Å²) in [4.78, 5) is 0. The van der Waals surface area contributed by atoms with Crippen LogP contribution in [0.3, 0.4) is 0 Å². The summed E-state index contributed by atoms with van der Waals surface area (Å²) >= 11 is 3.80.